The number of carbonyl (C=O) groups excluding carboxylic acids is 2. The summed E-state index contributed by atoms with van der Waals surface area (Å²) >= 11 is 0. The van der Waals surface area contributed by atoms with Crippen molar-refractivity contribution >= 4 is 17.5 Å². The van der Waals surface area contributed by atoms with E-state index in [0.717, 1.165) is 28.5 Å². The first kappa shape index (κ1) is 22.3. The third-order valence-corrected chi connectivity index (χ3v) is 5.79. The number of benzene rings is 2. The monoisotopic (exact) mass is 446 g/mol. The Morgan fingerprint density at radius 2 is 1.67 bits per heavy atom. The lowest BCUT2D eigenvalue weighted by Crippen LogP contribution is -2.42. The maximum Gasteiger partial charge on any atom is 0.331 e. The number of aryl methyl sites for hydroxylation is 1. The molecule has 0 aliphatic carbocycles. The molecule has 1 saturated heterocycles. The normalized spacial score (nSPS) is 13.2. The van der Waals surface area contributed by atoms with Gasteiger partial charge in [0, 0.05) is 25.4 Å². The van der Waals surface area contributed by atoms with E-state index in [0.29, 0.717) is 24.3 Å². The van der Waals surface area contributed by atoms with Crippen LogP contribution in [0.1, 0.15) is 34.3 Å². The van der Waals surface area contributed by atoms with Crippen LogP contribution >= 0.6 is 0 Å². The summed E-state index contributed by atoms with van der Waals surface area (Å²) < 4.78 is 2.29. The number of likely N-dealkylation sites (tertiary alicyclic amines) is 1. The molecule has 8 nitrogen and oxygen atoms in total. The number of amides is 2. The fraction of sp³-hybridized carbons (Fsp3) is 0.280. The summed E-state index contributed by atoms with van der Waals surface area (Å²) in [4.78, 5) is 52.8. The van der Waals surface area contributed by atoms with Crippen LogP contribution in [0.5, 0.6) is 0 Å². The summed E-state index contributed by atoms with van der Waals surface area (Å²) in [7, 11) is 0. The zero-order valence-electron chi connectivity index (χ0n) is 18.5. The molecule has 0 saturated carbocycles. The van der Waals surface area contributed by atoms with Gasteiger partial charge in [0.2, 0.25) is 5.91 Å². The number of aromatic nitrogens is 2. The van der Waals surface area contributed by atoms with Crippen molar-refractivity contribution in [3.05, 3.63) is 98.3 Å². The molecule has 0 atom stereocenters. The smallest absolute Gasteiger partial charge is 0.331 e. The molecule has 2 amide bonds. The van der Waals surface area contributed by atoms with Gasteiger partial charge in [-0.25, -0.2) is 4.79 Å². The number of hydrogen-bond donors (Lipinski definition) is 1. The summed E-state index contributed by atoms with van der Waals surface area (Å²) in [5, 5.41) is 2.73. The highest BCUT2D eigenvalue weighted by Crippen LogP contribution is 2.23. The zero-order valence-corrected chi connectivity index (χ0v) is 18.5. The average molecular weight is 447 g/mol. The summed E-state index contributed by atoms with van der Waals surface area (Å²) in [6.07, 6.45) is 3.36. The van der Waals surface area contributed by atoms with Crippen LogP contribution < -0.4 is 16.6 Å². The van der Waals surface area contributed by atoms with E-state index in [2.05, 4.69) is 5.32 Å². The second-order valence-electron chi connectivity index (χ2n) is 8.18. The van der Waals surface area contributed by atoms with E-state index < -0.39 is 23.7 Å². The van der Waals surface area contributed by atoms with Gasteiger partial charge in [0.05, 0.1) is 17.8 Å². The molecule has 0 bridgehead atoms. The molecule has 1 aliphatic rings. The Balaban J connectivity index is 1.56. The molecule has 33 heavy (non-hydrogen) atoms. The van der Waals surface area contributed by atoms with Crippen LogP contribution in [0.15, 0.2) is 70.4 Å². The number of anilines is 1. The van der Waals surface area contributed by atoms with Gasteiger partial charge in [-0.3, -0.25) is 23.5 Å². The Labute approximate surface area is 191 Å². The molecular weight excluding hydrogens is 420 g/mol. The van der Waals surface area contributed by atoms with Crippen molar-refractivity contribution in [3.8, 4) is 0 Å². The van der Waals surface area contributed by atoms with E-state index in [1.807, 2.05) is 43.3 Å². The molecule has 8 heteroatoms. The lowest BCUT2D eigenvalue weighted by atomic mass is 10.0. The standard InChI is InChI=1S/C25H26N4O4/c1-18-8-7-11-20(23(18)24(32)27-13-5-6-14-27)26-21(30)17-29-22(31)12-15-28(25(29)33)16-19-9-3-2-4-10-19/h2-4,7-12,15H,5-6,13-14,16-17H2,1H3,(H,26,30). The second kappa shape index (κ2) is 9.68. The Bertz CT molecular complexity index is 1290. The van der Waals surface area contributed by atoms with Gasteiger partial charge in [-0.2, -0.15) is 0 Å². The van der Waals surface area contributed by atoms with Gasteiger partial charge in [0.25, 0.3) is 11.5 Å². The molecule has 2 aromatic carbocycles. The average Bonchev–Trinajstić information content (AvgIpc) is 3.34. The van der Waals surface area contributed by atoms with E-state index >= 15 is 0 Å². The first-order valence-corrected chi connectivity index (χ1v) is 11.0. The molecule has 1 aliphatic heterocycles. The Kier molecular flexibility index (Phi) is 6.53. The van der Waals surface area contributed by atoms with Gasteiger partial charge < -0.3 is 10.2 Å². The van der Waals surface area contributed by atoms with E-state index in [4.69, 9.17) is 0 Å². The molecule has 0 unspecified atom stereocenters. The molecular formula is C25H26N4O4. The molecule has 4 rings (SSSR count). The molecule has 0 radical (unpaired) electrons. The highest BCUT2D eigenvalue weighted by molar-refractivity contribution is 6.04. The van der Waals surface area contributed by atoms with Gasteiger partial charge in [-0.15, -0.1) is 0 Å². The molecule has 170 valence electrons. The first-order valence-electron chi connectivity index (χ1n) is 11.0. The Morgan fingerprint density at radius 1 is 0.939 bits per heavy atom. The number of hydrogen-bond acceptors (Lipinski definition) is 4. The molecule has 2 heterocycles. The predicted octanol–water partition coefficient (Wildman–Crippen LogP) is 2.24. The second-order valence-corrected chi connectivity index (χ2v) is 8.18. The predicted molar refractivity (Wildman–Crippen MR) is 125 cm³/mol. The van der Waals surface area contributed by atoms with Gasteiger partial charge in [0.1, 0.15) is 6.54 Å². The Morgan fingerprint density at radius 3 is 2.39 bits per heavy atom. The van der Waals surface area contributed by atoms with Crippen LogP contribution in [0.3, 0.4) is 0 Å². The van der Waals surface area contributed by atoms with Crippen LogP contribution in [-0.2, 0) is 17.9 Å². The van der Waals surface area contributed by atoms with Crippen molar-refractivity contribution in [1.82, 2.24) is 14.0 Å². The van der Waals surface area contributed by atoms with E-state index in [-0.39, 0.29) is 12.5 Å². The quantitative estimate of drug-likeness (QED) is 0.629. The minimum absolute atomic E-state index is 0.122. The Hall–Kier alpha value is -3.94. The zero-order chi connectivity index (χ0) is 23.4. The fourth-order valence-electron chi connectivity index (χ4n) is 4.07. The molecule has 3 aromatic rings. The maximum atomic E-state index is 13.0. The molecule has 1 aromatic heterocycles. The number of rotatable bonds is 6. The van der Waals surface area contributed by atoms with Crippen LogP contribution in [0.4, 0.5) is 5.69 Å². The fourth-order valence-corrected chi connectivity index (χ4v) is 4.07. The molecule has 1 N–H and O–H groups in total. The van der Waals surface area contributed by atoms with E-state index in [9.17, 15) is 19.2 Å². The maximum absolute atomic E-state index is 13.0. The third-order valence-electron chi connectivity index (χ3n) is 5.79. The van der Waals surface area contributed by atoms with Crippen molar-refractivity contribution in [2.24, 2.45) is 0 Å². The largest absolute Gasteiger partial charge is 0.339 e. The minimum Gasteiger partial charge on any atom is -0.339 e. The van der Waals surface area contributed by atoms with Crippen LogP contribution in [0, 0.1) is 6.92 Å². The first-order chi connectivity index (χ1) is 15.9. The topological polar surface area (TPSA) is 93.4 Å². The summed E-state index contributed by atoms with van der Waals surface area (Å²) in [6, 6.07) is 15.9. The minimum atomic E-state index is -0.570. The van der Waals surface area contributed by atoms with Crippen molar-refractivity contribution < 1.29 is 9.59 Å². The summed E-state index contributed by atoms with van der Waals surface area (Å²) in [6.45, 7) is 3.05. The molecule has 1 fully saturated rings. The van der Waals surface area contributed by atoms with Crippen molar-refractivity contribution in [1.29, 1.82) is 0 Å². The van der Waals surface area contributed by atoms with Crippen molar-refractivity contribution in [2.45, 2.75) is 32.9 Å². The van der Waals surface area contributed by atoms with E-state index in [1.165, 1.54) is 16.8 Å². The lowest BCUT2D eigenvalue weighted by molar-refractivity contribution is -0.116. The number of nitrogens with zero attached hydrogens (tertiary/aromatic N) is 3. The van der Waals surface area contributed by atoms with Crippen molar-refractivity contribution in [3.63, 3.8) is 0 Å². The molecule has 0 spiro atoms. The summed E-state index contributed by atoms with van der Waals surface area (Å²) in [5.74, 6) is -0.671. The van der Waals surface area contributed by atoms with Crippen LogP contribution in [0.25, 0.3) is 0 Å². The summed E-state index contributed by atoms with van der Waals surface area (Å²) in [5.41, 5.74) is 1.35. The van der Waals surface area contributed by atoms with Gasteiger partial charge in [-0.1, -0.05) is 42.5 Å². The highest BCUT2D eigenvalue weighted by Gasteiger charge is 2.24. The van der Waals surface area contributed by atoms with Gasteiger partial charge in [0.15, 0.2) is 0 Å². The van der Waals surface area contributed by atoms with Crippen molar-refractivity contribution in [2.75, 3.05) is 18.4 Å². The number of carbonyl (C=O) groups is 2. The third kappa shape index (κ3) is 4.95. The van der Waals surface area contributed by atoms with Crippen LogP contribution in [0.2, 0.25) is 0 Å². The van der Waals surface area contributed by atoms with E-state index in [1.54, 1.807) is 17.0 Å². The van der Waals surface area contributed by atoms with Gasteiger partial charge in [-0.05, 0) is 37.0 Å². The number of nitrogens with one attached hydrogen (secondary N) is 1. The van der Waals surface area contributed by atoms with Gasteiger partial charge >= 0.3 is 5.69 Å². The van der Waals surface area contributed by atoms with Crippen LogP contribution in [-0.4, -0.2) is 38.9 Å². The SMILES string of the molecule is Cc1cccc(NC(=O)Cn2c(=O)ccn(Cc3ccccc3)c2=O)c1C(=O)N1CCCC1. The highest BCUT2D eigenvalue weighted by atomic mass is 16.2. The lowest BCUT2D eigenvalue weighted by Gasteiger charge is -2.20.